The fraction of sp³-hybridized carbons (Fsp3) is 0.364. The van der Waals surface area contributed by atoms with Crippen LogP contribution >= 0.6 is 15.9 Å². The second-order valence-electron chi connectivity index (χ2n) is 8.09. The smallest absolute Gasteiger partial charge is 0.345 e. The van der Waals surface area contributed by atoms with Gasteiger partial charge in [-0.2, -0.15) is 0 Å². The number of anilines is 2. The summed E-state index contributed by atoms with van der Waals surface area (Å²) in [5, 5.41) is 42.3. The Morgan fingerprint density at radius 2 is 1.88 bits per heavy atom. The van der Waals surface area contributed by atoms with Gasteiger partial charge in [-0.15, -0.1) is 0 Å². The lowest BCUT2D eigenvalue weighted by molar-refractivity contribution is -0.398. The molecule has 0 bridgehead atoms. The van der Waals surface area contributed by atoms with E-state index in [9.17, 15) is 24.8 Å². The Morgan fingerprint density at radius 1 is 1.15 bits per heavy atom. The number of methoxy groups -OCH3 is 1. The molecule has 12 heteroatoms. The number of rotatable bonds is 7. The molecule has 0 aliphatic carbocycles. The quantitative estimate of drug-likeness (QED) is 0.284. The molecule has 10 nitrogen and oxygen atoms in total. The van der Waals surface area contributed by atoms with E-state index in [1.165, 1.54) is 19.5 Å². The fourth-order valence-electron chi connectivity index (χ4n) is 3.73. The summed E-state index contributed by atoms with van der Waals surface area (Å²) in [5.41, 5.74) is -0.480. The Hall–Kier alpha value is -2.61. The van der Waals surface area contributed by atoms with Gasteiger partial charge in [0, 0.05) is 29.0 Å². The molecule has 4 rings (SSSR count). The average Bonchev–Trinajstić information content (AvgIpc) is 2.79. The van der Waals surface area contributed by atoms with Crippen LogP contribution in [0, 0.1) is 5.82 Å². The molecular weight excluding hydrogens is 515 g/mol. The van der Waals surface area contributed by atoms with Gasteiger partial charge in [-0.05, 0) is 37.1 Å². The molecular formula is C22H24BrFN4O6. The molecule has 0 spiro atoms. The first-order valence-electron chi connectivity index (χ1n) is 10.4. The molecule has 5 N–H and O–H groups in total. The molecule has 3 aromatic rings. The molecule has 1 aliphatic heterocycles. The zero-order chi connectivity index (χ0) is 24.5. The Balaban J connectivity index is 1.54. The van der Waals surface area contributed by atoms with Gasteiger partial charge in [0.2, 0.25) is 0 Å². The van der Waals surface area contributed by atoms with Crippen LogP contribution in [0.1, 0.15) is 12.8 Å². The average molecular weight is 539 g/mol. The van der Waals surface area contributed by atoms with Crippen molar-refractivity contribution in [1.29, 1.82) is 0 Å². The van der Waals surface area contributed by atoms with Crippen LogP contribution in [0.2, 0.25) is 0 Å². The highest BCUT2D eigenvalue weighted by molar-refractivity contribution is 9.10. The van der Waals surface area contributed by atoms with Gasteiger partial charge in [0.05, 0.1) is 18.3 Å². The van der Waals surface area contributed by atoms with Gasteiger partial charge in [-0.3, -0.25) is 0 Å². The van der Waals surface area contributed by atoms with E-state index in [0.717, 1.165) is 4.90 Å². The predicted octanol–water partition coefficient (Wildman–Crippen LogP) is 2.08. The predicted molar refractivity (Wildman–Crippen MR) is 124 cm³/mol. The summed E-state index contributed by atoms with van der Waals surface area (Å²) in [7, 11) is 1.47. The minimum Gasteiger partial charge on any atom is -0.493 e. The van der Waals surface area contributed by atoms with E-state index >= 15 is 0 Å². The van der Waals surface area contributed by atoms with Crippen LogP contribution in [0.4, 0.5) is 15.9 Å². The van der Waals surface area contributed by atoms with Gasteiger partial charge < -0.3 is 35.2 Å². The fourth-order valence-corrected chi connectivity index (χ4v) is 4.07. The van der Waals surface area contributed by atoms with Crippen molar-refractivity contribution in [1.82, 2.24) is 14.9 Å². The van der Waals surface area contributed by atoms with Gasteiger partial charge in [-0.1, -0.05) is 15.9 Å². The van der Waals surface area contributed by atoms with Gasteiger partial charge in [0.1, 0.15) is 30.2 Å². The first kappa shape index (κ1) is 24.5. The maximum atomic E-state index is 14.3. The van der Waals surface area contributed by atoms with Crippen molar-refractivity contribution in [2.75, 3.05) is 32.1 Å². The van der Waals surface area contributed by atoms with Gasteiger partial charge in [0.15, 0.2) is 11.5 Å². The first-order valence-corrected chi connectivity index (χ1v) is 11.2. The van der Waals surface area contributed by atoms with Crippen LogP contribution in [-0.2, 0) is 0 Å². The maximum Gasteiger partial charge on any atom is 0.345 e. The number of ether oxygens (including phenoxy) is 2. The monoisotopic (exact) mass is 538 g/mol. The number of fused-ring (bicyclic) bond motifs is 1. The third-order valence-corrected chi connectivity index (χ3v) is 6.21. The molecule has 0 amide bonds. The number of piperidine rings is 1. The molecule has 1 fully saturated rings. The molecule has 1 saturated heterocycles. The van der Waals surface area contributed by atoms with Crippen LogP contribution < -0.4 is 14.8 Å². The summed E-state index contributed by atoms with van der Waals surface area (Å²) < 4.78 is 26.2. The number of benzene rings is 2. The highest BCUT2D eigenvalue weighted by Crippen LogP contribution is 2.36. The highest BCUT2D eigenvalue weighted by Gasteiger charge is 2.39. The summed E-state index contributed by atoms with van der Waals surface area (Å²) in [6.07, 6.45) is -1.27. The van der Waals surface area contributed by atoms with Crippen molar-refractivity contribution in [2.45, 2.75) is 24.5 Å². The zero-order valence-electron chi connectivity index (χ0n) is 18.2. The first-order chi connectivity index (χ1) is 16.1. The number of nitrogens with one attached hydrogen (secondary N) is 1. The number of hydrogen-bond acceptors (Lipinski definition) is 10. The standard InChI is InChI=1S/C22H24BrFN4O6/c1-33-18-9-14-17(25-12-26-20(14)27-16-3-2-13(23)8-15(16)24)10-19(18)34-11-21(29)4-6-28(7-5-21)22(30,31)32/h2-3,8-10,12,29-32H,4-7,11H2,1H3,(H,25,26,27). The lowest BCUT2D eigenvalue weighted by atomic mass is 9.92. The third-order valence-electron chi connectivity index (χ3n) is 5.72. The summed E-state index contributed by atoms with van der Waals surface area (Å²) in [5.74, 6) is 0.629. The van der Waals surface area contributed by atoms with Crippen molar-refractivity contribution in [3.05, 3.63) is 46.9 Å². The molecule has 0 atom stereocenters. The molecule has 1 aliphatic rings. The normalized spacial score (nSPS) is 16.4. The van der Waals surface area contributed by atoms with Crippen LogP contribution in [0.25, 0.3) is 10.9 Å². The van der Waals surface area contributed by atoms with Crippen LogP contribution in [0.5, 0.6) is 11.5 Å². The van der Waals surface area contributed by atoms with Gasteiger partial charge in [0.25, 0.3) is 0 Å². The number of likely N-dealkylation sites (tertiary alicyclic amines) is 1. The summed E-state index contributed by atoms with van der Waals surface area (Å²) in [6.45, 7) is 0.0401. The SMILES string of the molecule is COc1cc2c(Nc3ccc(Br)cc3F)ncnc2cc1OCC1(O)CCN(C(O)(O)O)CC1. The molecule has 182 valence electrons. The van der Waals surface area contributed by atoms with Gasteiger partial charge >= 0.3 is 6.10 Å². The van der Waals surface area contributed by atoms with Gasteiger partial charge in [-0.25, -0.2) is 19.3 Å². The Kier molecular flexibility index (Phi) is 6.90. The van der Waals surface area contributed by atoms with Crippen LogP contribution in [-0.4, -0.2) is 73.8 Å². The number of aliphatic hydroxyl groups is 4. The lowest BCUT2D eigenvalue weighted by Crippen LogP contribution is -2.56. The third kappa shape index (κ3) is 5.37. The Labute approximate surface area is 202 Å². The second-order valence-corrected chi connectivity index (χ2v) is 9.01. The van der Waals surface area contributed by atoms with E-state index < -0.39 is 17.5 Å². The molecule has 0 unspecified atom stereocenters. The minimum atomic E-state index is -2.92. The number of nitrogens with zero attached hydrogens (tertiary/aromatic N) is 3. The van der Waals surface area contributed by atoms with E-state index in [4.69, 9.17) is 9.47 Å². The maximum absolute atomic E-state index is 14.3. The second kappa shape index (κ2) is 9.56. The van der Waals surface area contributed by atoms with E-state index in [0.29, 0.717) is 32.7 Å². The Morgan fingerprint density at radius 3 is 2.53 bits per heavy atom. The summed E-state index contributed by atoms with van der Waals surface area (Å²) in [4.78, 5) is 9.53. The largest absolute Gasteiger partial charge is 0.493 e. The summed E-state index contributed by atoms with van der Waals surface area (Å²) in [6, 6.07) is 7.93. The van der Waals surface area contributed by atoms with Crippen LogP contribution in [0.15, 0.2) is 41.1 Å². The Bertz CT molecular complexity index is 1180. The number of aromatic nitrogens is 2. The van der Waals surface area contributed by atoms with E-state index in [1.807, 2.05) is 0 Å². The van der Waals surface area contributed by atoms with Crippen molar-refractivity contribution in [3.8, 4) is 11.5 Å². The topological polar surface area (TPSA) is 140 Å². The summed E-state index contributed by atoms with van der Waals surface area (Å²) >= 11 is 3.23. The van der Waals surface area contributed by atoms with Crippen molar-refractivity contribution in [2.24, 2.45) is 0 Å². The minimum absolute atomic E-state index is 0.0626. The highest BCUT2D eigenvalue weighted by atomic mass is 79.9. The molecule has 2 heterocycles. The van der Waals surface area contributed by atoms with Crippen LogP contribution in [0.3, 0.4) is 0 Å². The molecule has 0 saturated carbocycles. The van der Waals surface area contributed by atoms with Crippen molar-refractivity contribution >= 4 is 38.3 Å². The zero-order valence-corrected chi connectivity index (χ0v) is 19.8. The van der Waals surface area contributed by atoms with E-state index in [2.05, 4.69) is 31.2 Å². The van der Waals surface area contributed by atoms with Crippen molar-refractivity contribution in [3.63, 3.8) is 0 Å². The number of hydrogen-bond donors (Lipinski definition) is 5. The molecule has 34 heavy (non-hydrogen) atoms. The number of halogens is 2. The lowest BCUT2D eigenvalue weighted by Gasteiger charge is -2.40. The van der Waals surface area contributed by atoms with E-state index in [-0.39, 0.29) is 38.2 Å². The molecule has 2 aromatic carbocycles. The molecule has 0 radical (unpaired) electrons. The molecule has 1 aromatic heterocycles. The van der Waals surface area contributed by atoms with Crippen molar-refractivity contribution < 1.29 is 34.3 Å². The van der Waals surface area contributed by atoms with E-state index in [1.54, 1.807) is 24.3 Å².